The molecule has 0 saturated heterocycles. The molecule has 0 heterocycles. The molecule has 0 atom stereocenters. The van der Waals surface area contributed by atoms with Crippen molar-refractivity contribution in [1.82, 2.24) is 0 Å². The second kappa shape index (κ2) is 7.28. The Bertz CT molecular complexity index is 524. The standard InChI is InChI=1S/C14H17NO5/c1-9-5-4-6-10(14(18)20-3)13(9)15-11(16)7-8-12(17)19-2/h4-6H,7-8H2,1-3H3,(H,15,16). The average Bonchev–Trinajstić information content (AvgIpc) is 2.45. The van der Waals surface area contributed by atoms with Gasteiger partial charge < -0.3 is 14.8 Å². The molecule has 0 aliphatic rings. The first-order valence-electron chi connectivity index (χ1n) is 6.04. The summed E-state index contributed by atoms with van der Waals surface area (Å²) in [5.41, 5.74) is 1.41. The number of benzene rings is 1. The van der Waals surface area contributed by atoms with E-state index in [-0.39, 0.29) is 24.3 Å². The van der Waals surface area contributed by atoms with E-state index < -0.39 is 11.9 Å². The van der Waals surface area contributed by atoms with Crippen LogP contribution in [0.1, 0.15) is 28.8 Å². The van der Waals surface area contributed by atoms with Gasteiger partial charge in [0.15, 0.2) is 0 Å². The van der Waals surface area contributed by atoms with Crippen molar-refractivity contribution in [1.29, 1.82) is 0 Å². The molecule has 0 unspecified atom stereocenters. The van der Waals surface area contributed by atoms with Crippen LogP contribution < -0.4 is 5.32 Å². The number of esters is 2. The normalized spacial score (nSPS) is 9.75. The fourth-order valence-electron chi connectivity index (χ4n) is 1.63. The maximum absolute atomic E-state index is 11.8. The van der Waals surface area contributed by atoms with Crippen LogP contribution in [0.25, 0.3) is 0 Å². The zero-order valence-electron chi connectivity index (χ0n) is 11.7. The molecule has 6 nitrogen and oxygen atoms in total. The SMILES string of the molecule is COC(=O)CCC(=O)Nc1c(C)cccc1C(=O)OC. The molecule has 0 aromatic heterocycles. The predicted molar refractivity (Wildman–Crippen MR) is 72.4 cm³/mol. The van der Waals surface area contributed by atoms with Gasteiger partial charge in [-0.2, -0.15) is 0 Å². The van der Waals surface area contributed by atoms with E-state index >= 15 is 0 Å². The number of hydrogen-bond donors (Lipinski definition) is 1. The molecule has 0 radical (unpaired) electrons. The van der Waals surface area contributed by atoms with E-state index in [0.717, 1.165) is 5.56 Å². The number of rotatable bonds is 5. The predicted octanol–water partition coefficient (Wildman–Crippen LogP) is 1.67. The fraction of sp³-hybridized carbons (Fsp3) is 0.357. The van der Waals surface area contributed by atoms with Crippen LogP contribution in [0.2, 0.25) is 0 Å². The highest BCUT2D eigenvalue weighted by Gasteiger charge is 2.16. The van der Waals surface area contributed by atoms with Crippen molar-refractivity contribution < 1.29 is 23.9 Å². The number of ether oxygens (including phenoxy) is 2. The van der Waals surface area contributed by atoms with Crippen molar-refractivity contribution >= 4 is 23.5 Å². The zero-order chi connectivity index (χ0) is 15.1. The van der Waals surface area contributed by atoms with E-state index in [0.29, 0.717) is 5.69 Å². The van der Waals surface area contributed by atoms with Gasteiger partial charge in [0, 0.05) is 6.42 Å². The number of nitrogens with one attached hydrogen (secondary N) is 1. The summed E-state index contributed by atoms with van der Waals surface area (Å²) in [4.78, 5) is 34.4. The monoisotopic (exact) mass is 279 g/mol. The first kappa shape index (κ1) is 15.7. The van der Waals surface area contributed by atoms with Crippen LogP contribution in [0.5, 0.6) is 0 Å². The lowest BCUT2D eigenvalue weighted by atomic mass is 10.1. The molecule has 108 valence electrons. The van der Waals surface area contributed by atoms with Gasteiger partial charge in [-0.3, -0.25) is 9.59 Å². The van der Waals surface area contributed by atoms with Gasteiger partial charge in [0.25, 0.3) is 0 Å². The Hall–Kier alpha value is -2.37. The molecule has 1 aromatic rings. The van der Waals surface area contributed by atoms with Crippen molar-refractivity contribution in [2.24, 2.45) is 0 Å². The molecule has 0 saturated carbocycles. The summed E-state index contributed by atoms with van der Waals surface area (Å²) in [6.45, 7) is 1.77. The lowest BCUT2D eigenvalue weighted by Gasteiger charge is -2.12. The Morgan fingerprint density at radius 1 is 1.10 bits per heavy atom. The largest absolute Gasteiger partial charge is 0.469 e. The molecule has 1 aromatic carbocycles. The van der Waals surface area contributed by atoms with Gasteiger partial charge in [-0.1, -0.05) is 12.1 Å². The Labute approximate surface area is 117 Å². The Morgan fingerprint density at radius 2 is 1.80 bits per heavy atom. The van der Waals surface area contributed by atoms with Gasteiger partial charge in [0.05, 0.1) is 31.9 Å². The minimum atomic E-state index is -0.531. The quantitative estimate of drug-likeness (QED) is 0.829. The number of carbonyl (C=O) groups is 3. The third kappa shape index (κ3) is 4.08. The van der Waals surface area contributed by atoms with Crippen LogP contribution in [-0.4, -0.2) is 32.1 Å². The molecule has 0 aliphatic heterocycles. The highest BCUT2D eigenvalue weighted by molar-refractivity contribution is 6.02. The fourth-order valence-corrected chi connectivity index (χ4v) is 1.63. The molecule has 0 aliphatic carbocycles. The van der Waals surface area contributed by atoms with Crippen molar-refractivity contribution in [3.8, 4) is 0 Å². The van der Waals surface area contributed by atoms with E-state index in [1.165, 1.54) is 14.2 Å². The molecule has 0 fully saturated rings. The highest BCUT2D eigenvalue weighted by Crippen LogP contribution is 2.21. The van der Waals surface area contributed by atoms with E-state index in [1.807, 2.05) is 0 Å². The summed E-state index contributed by atoms with van der Waals surface area (Å²) >= 11 is 0. The van der Waals surface area contributed by atoms with E-state index in [1.54, 1.807) is 25.1 Å². The summed E-state index contributed by atoms with van der Waals surface area (Å²) < 4.78 is 9.13. The van der Waals surface area contributed by atoms with Crippen molar-refractivity contribution in [3.63, 3.8) is 0 Å². The van der Waals surface area contributed by atoms with Crippen molar-refractivity contribution in [2.45, 2.75) is 19.8 Å². The molecule has 6 heteroatoms. The maximum Gasteiger partial charge on any atom is 0.339 e. The maximum atomic E-state index is 11.8. The number of amides is 1. The number of para-hydroxylation sites is 1. The topological polar surface area (TPSA) is 81.7 Å². The van der Waals surface area contributed by atoms with Gasteiger partial charge in [-0.25, -0.2) is 4.79 Å². The van der Waals surface area contributed by atoms with Crippen LogP contribution in [-0.2, 0) is 19.1 Å². The average molecular weight is 279 g/mol. The Balaban J connectivity index is 2.83. The summed E-state index contributed by atoms with van der Waals surface area (Å²) in [5, 5.41) is 2.63. The molecule has 1 amide bonds. The minimum Gasteiger partial charge on any atom is -0.469 e. The van der Waals surface area contributed by atoms with Crippen molar-refractivity contribution in [3.05, 3.63) is 29.3 Å². The van der Waals surface area contributed by atoms with Crippen LogP contribution in [0.3, 0.4) is 0 Å². The zero-order valence-corrected chi connectivity index (χ0v) is 11.7. The van der Waals surface area contributed by atoms with Gasteiger partial charge in [-0.05, 0) is 18.6 Å². The van der Waals surface area contributed by atoms with Gasteiger partial charge in [0.2, 0.25) is 5.91 Å². The van der Waals surface area contributed by atoms with Gasteiger partial charge >= 0.3 is 11.9 Å². The van der Waals surface area contributed by atoms with Crippen LogP contribution in [0, 0.1) is 6.92 Å². The number of methoxy groups -OCH3 is 2. The Morgan fingerprint density at radius 3 is 2.40 bits per heavy atom. The number of anilines is 1. The molecule has 1 N–H and O–H groups in total. The third-order valence-electron chi connectivity index (χ3n) is 2.73. The van der Waals surface area contributed by atoms with E-state index in [2.05, 4.69) is 14.8 Å². The molecule has 20 heavy (non-hydrogen) atoms. The molecular formula is C14H17NO5. The minimum absolute atomic E-state index is 0.0121. The van der Waals surface area contributed by atoms with Crippen molar-refractivity contribution in [2.75, 3.05) is 19.5 Å². The van der Waals surface area contributed by atoms with Gasteiger partial charge in [0.1, 0.15) is 0 Å². The number of carbonyl (C=O) groups excluding carboxylic acids is 3. The second-order valence-electron chi connectivity index (χ2n) is 4.11. The molecule has 0 spiro atoms. The van der Waals surface area contributed by atoms with Crippen LogP contribution in [0.4, 0.5) is 5.69 Å². The van der Waals surface area contributed by atoms with Gasteiger partial charge in [-0.15, -0.1) is 0 Å². The van der Waals surface area contributed by atoms with Crippen LogP contribution in [0.15, 0.2) is 18.2 Å². The van der Waals surface area contributed by atoms with E-state index in [4.69, 9.17) is 0 Å². The first-order valence-corrected chi connectivity index (χ1v) is 6.04. The number of hydrogen-bond acceptors (Lipinski definition) is 5. The summed E-state index contributed by atoms with van der Waals surface area (Å²) in [6.07, 6.45) is -0.0244. The van der Waals surface area contributed by atoms with E-state index in [9.17, 15) is 14.4 Å². The third-order valence-corrected chi connectivity index (χ3v) is 2.73. The molecule has 0 bridgehead atoms. The highest BCUT2D eigenvalue weighted by atomic mass is 16.5. The molecule has 1 rings (SSSR count). The number of aryl methyl sites for hydroxylation is 1. The lowest BCUT2D eigenvalue weighted by molar-refractivity contribution is -0.141. The lowest BCUT2D eigenvalue weighted by Crippen LogP contribution is -2.17. The summed E-state index contributed by atoms with van der Waals surface area (Å²) in [5.74, 6) is -1.36. The van der Waals surface area contributed by atoms with Crippen LogP contribution >= 0.6 is 0 Å². The second-order valence-corrected chi connectivity index (χ2v) is 4.11. The first-order chi connectivity index (χ1) is 9.49. The summed E-state index contributed by atoms with van der Waals surface area (Å²) in [6, 6.07) is 5.03. The Kier molecular flexibility index (Phi) is 5.71. The smallest absolute Gasteiger partial charge is 0.339 e. The molecular weight excluding hydrogens is 262 g/mol. The summed E-state index contributed by atoms with van der Waals surface area (Å²) in [7, 11) is 2.53.